The predicted molar refractivity (Wildman–Crippen MR) is 119 cm³/mol. The lowest BCUT2D eigenvalue weighted by Gasteiger charge is -2.27. The maximum Gasteiger partial charge on any atom is 0.307 e. The van der Waals surface area contributed by atoms with Gasteiger partial charge in [-0.1, -0.05) is 30.3 Å². The van der Waals surface area contributed by atoms with E-state index in [-0.39, 0.29) is 37.4 Å². The van der Waals surface area contributed by atoms with E-state index in [2.05, 4.69) is 22.6 Å². The van der Waals surface area contributed by atoms with E-state index in [9.17, 15) is 14.4 Å². The molecule has 1 heterocycles. The van der Waals surface area contributed by atoms with E-state index in [4.69, 9.17) is 4.74 Å². The molecule has 6 nitrogen and oxygen atoms in total. The van der Waals surface area contributed by atoms with Gasteiger partial charge in [-0.25, -0.2) is 0 Å². The fourth-order valence-electron chi connectivity index (χ4n) is 3.37. The third-order valence-electron chi connectivity index (χ3n) is 4.83. The smallest absolute Gasteiger partial charge is 0.307 e. The number of nitrogens with zero attached hydrogens (tertiary/aromatic N) is 2. The minimum absolute atomic E-state index is 0.0464. The molecule has 0 N–H and O–H groups in total. The molecule has 1 aliphatic heterocycles. The molecule has 0 spiro atoms. The highest BCUT2D eigenvalue weighted by atomic mass is 127. The van der Waals surface area contributed by atoms with E-state index in [1.165, 1.54) is 4.90 Å². The van der Waals surface area contributed by atoms with Gasteiger partial charge in [0.2, 0.25) is 5.91 Å². The Morgan fingerprint density at radius 2 is 1.90 bits per heavy atom. The highest BCUT2D eigenvalue weighted by molar-refractivity contribution is 14.1. The summed E-state index contributed by atoms with van der Waals surface area (Å²) >= 11 is 2.15. The molecule has 0 aromatic heterocycles. The standard InChI is InChI=1S/C22H23IN2O4/c1-3-29-21(27)11-15(2)24-14-20(26)25(13-16-7-5-4-6-8-16)19-10-9-17(23)12-18(19)22(24)28/h4-10,12,15H,3,11,13-14H2,1-2H3. The molecule has 0 bridgehead atoms. The third kappa shape index (κ3) is 4.95. The van der Waals surface area contributed by atoms with Crippen LogP contribution < -0.4 is 4.90 Å². The van der Waals surface area contributed by atoms with Crippen molar-refractivity contribution in [1.82, 2.24) is 4.90 Å². The maximum absolute atomic E-state index is 13.3. The Hall–Kier alpha value is -2.42. The Morgan fingerprint density at radius 3 is 2.59 bits per heavy atom. The number of carbonyl (C=O) groups excluding carboxylic acids is 3. The first-order valence-corrected chi connectivity index (χ1v) is 10.6. The minimum atomic E-state index is -0.451. The molecule has 1 atom stereocenters. The first kappa shape index (κ1) is 21.3. The summed E-state index contributed by atoms with van der Waals surface area (Å²) in [4.78, 5) is 41.5. The number of fused-ring (bicyclic) bond motifs is 1. The van der Waals surface area contributed by atoms with Gasteiger partial charge in [0.05, 0.1) is 30.8 Å². The van der Waals surface area contributed by atoms with Crippen molar-refractivity contribution in [2.24, 2.45) is 0 Å². The Bertz CT molecular complexity index is 916. The molecule has 2 amide bonds. The lowest BCUT2D eigenvalue weighted by molar-refractivity contribution is -0.144. The summed E-state index contributed by atoms with van der Waals surface area (Å²) in [6.07, 6.45) is 0.0464. The zero-order valence-electron chi connectivity index (χ0n) is 16.4. The lowest BCUT2D eigenvalue weighted by atomic mass is 10.1. The van der Waals surface area contributed by atoms with Crippen molar-refractivity contribution in [1.29, 1.82) is 0 Å². The second kappa shape index (κ2) is 9.39. The first-order valence-electron chi connectivity index (χ1n) is 9.51. The molecule has 2 aromatic rings. The Morgan fingerprint density at radius 1 is 1.17 bits per heavy atom. The summed E-state index contributed by atoms with van der Waals surface area (Å²) in [5, 5.41) is 0. The molecule has 0 aliphatic carbocycles. The Kier molecular flexibility index (Phi) is 6.89. The van der Waals surface area contributed by atoms with Gasteiger partial charge in [-0.3, -0.25) is 14.4 Å². The van der Waals surface area contributed by atoms with Gasteiger partial charge in [0.25, 0.3) is 5.91 Å². The molecule has 0 saturated heterocycles. The Balaban J connectivity index is 1.96. The SMILES string of the molecule is CCOC(=O)CC(C)N1CC(=O)N(Cc2ccccc2)c2ccc(I)cc2C1=O. The number of esters is 1. The van der Waals surface area contributed by atoms with E-state index < -0.39 is 6.04 Å². The van der Waals surface area contributed by atoms with Gasteiger partial charge in [0.15, 0.2) is 0 Å². The van der Waals surface area contributed by atoms with Crippen LogP contribution in [0.2, 0.25) is 0 Å². The van der Waals surface area contributed by atoms with Crippen LogP contribution in [0.1, 0.15) is 36.2 Å². The number of rotatable bonds is 6. The summed E-state index contributed by atoms with van der Waals surface area (Å²) in [7, 11) is 0. The fraction of sp³-hybridized carbons (Fsp3) is 0.318. The number of amides is 2. The summed E-state index contributed by atoms with van der Waals surface area (Å²) in [5.41, 5.74) is 2.04. The van der Waals surface area contributed by atoms with Gasteiger partial charge < -0.3 is 14.5 Å². The molecule has 0 fully saturated rings. The number of hydrogen-bond acceptors (Lipinski definition) is 4. The normalized spacial score (nSPS) is 15.0. The van der Waals surface area contributed by atoms with Gasteiger partial charge in [-0.2, -0.15) is 0 Å². The molecule has 7 heteroatoms. The van der Waals surface area contributed by atoms with Crippen LogP contribution in [0.4, 0.5) is 5.69 Å². The average Bonchev–Trinajstić information content (AvgIpc) is 2.79. The largest absolute Gasteiger partial charge is 0.466 e. The molecule has 1 aliphatic rings. The van der Waals surface area contributed by atoms with Crippen LogP contribution in [0.3, 0.4) is 0 Å². The van der Waals surface area contributed by atoms with E-state index in [1.807, 2.05) is 42.5 Å². The predicted octanol–water partition coefficient (Wildman–Crippen LogP) is 3.62. The van der Waals surface area contributed by atoms with Gasteiger partial charge in [0.1, 0.15) is 6.54 Å². The number of anilines is 1. The van der Waals surface area contributed by atoms with Crippen LogP contribution >= 0.6 is 22.6 Å². The van der Waals surface area contributed by atoms with E-state index >= 15 is 0 Å². The monoisotopic (exact) mass is 506 g/mol. The molecule has 3 rings (SSSR count). The van der Waals surface area contributed by atoms with Gasteiger partial charge in [-0.05, 0) is 60.2 Å². The molecule has 29 heavy (non-hydrogen) atoms. The van der Waals surface area contributed by atoms with Crippen LogP contribution in [0.25, 0.3) is 0 Å². The second-order valence-electron chi connectivity index (χ2n) is 6.92. The highest BCUT2D eigenvalue weighted by Gasteiger charge is 2.34. The maximum atomic E-state index is 13.3. The molecule has 0 radical (unpaired) electrons. The van der Waals surface area contributed by atoms with Crippen LogP contribution in [0.15, 0.2) is 48.5 Å². The van der Waals surface area contributed by atoms with Crippen LogP contribution in [0.5, 0.6) is 0 Å². The molecular weight excluding hydrogens is 483 g/mol. The summed E-state index contributed by atoms with van der Waals surface area (Å²) in [6, 6.07) is 14.7. The summed E-state index contributed by atoms with van der Waals surface area (Å²) in [5.74, 6) is -0.814. The van der Waals surface area contributed by atoms with Crippen molar-refractivity contribution < 1.29 is 19.1 Å². The van der Waals surface area contributed by atoms with Crippen LogP contribution in [-0.4, -0.2) is 41.9 Å². The molecular formula is C22H23IN2O4. The van der Waals surface area contributed by atoms with Gasteiger partial charge >= 0.3 is 5.97 Å². The number of benzene rings is 2. The van der Waals surface area contributed by atoms with Crippen molar-refractivity contribution in [2.45, 2.75) is 32.9 Å². The summed E-state index contributed by atoms with van der Waals surface area (Å²) in [6.45, 7) is 4.08. The van der Waals surface area contributed by atoms with Gasteiger partial charge in [0, 0.05) is 9.61 Å². The van der Waals surface area contributed by atoms with E-state index in [1.54, 1.807) is 24.8 Å². The molecule has 0 saturated carbocycles. The average molecular weight is 506 g/mol. The molecule has 1 unspecified atom stereocenters. The highest BCUT2D eigenvalue weighted by Crippen LogP contribution is 2.30. The van der Waals surface area contributed by atoms with Crippen molar-refractivity contribution >= 4 is 46.1 Å². The second-order valence-corrected chi connectivity index (χ2v) is 8.16. The topological polar surface area (TPSA) is 66.9 Å². The number of ether oxygens (including phenoxy) is 1. The van der Waals surface area contributed by atoms with Gasteiger partial charge in [-0.15, -0.1) is 0 Å². The Labute approximate surface area is 184 Å². The quantitative estimate of drug-likeness (QED) is 0.444. The van der Waals surface area contributed by atoms with Crippen molar-refractivity contribution in [3.8, 4) is 0 Å². The van der Waals surface area contributed by atoms with Crippen LogP contribution in [-0.2, 0) is 20.9 Å². The van der Waals surface area contributed by atoms with Crippen molar-refractivity contribution in [3.63, 3.8) is 0 Å². The number of hydrogen-bond donors (Lipinski definition) is 0. The zero-order chi connectivity index (χ0) is 21.0. The fourth-order valence-corrected chi connectivity index (χ4v) is 3.86. The molecule has 2 aromatic carbocycles. The van der Waals surface area contributed by atoms with E-state index in [0.717, 1.165) is 9.13 Å². The number of carbonyl (C=O) groups is 3. The first-order chi connectivity index (χ1) is 13.9. The van der Waals surface area contributed by atoms with Crippen molar-refractivity contribution in [3.05, 3.63) is 63.2 Å². The lowest BCUT2D eigenvalue weighted by Crippen LogP contribution is -2.44. The van der Waals surface area contributed by atoms with E-state index in [0.29, 0.717) is 17.8 Å². The summed E-state index contributed by atoms with van der Waals surface area (Å²) < 4.78 is 5.92. The minimum Gasteiger partial charge on any atom is -0.466 e. The third-order valence-corrected chi connectivity index (χ3v) is 5.50. The molecule has 152 valence electrons. The van der Waals surface area contributed by atoms with Crippen molar-refractivity contribution in [2.75, 3.05) is 18.1 Å². The zero-order valence-corrected chi connectivity index (χ0v) is 18.6. The number of halogens is 1. The van der Waals surface area contributed by atoms with Crippen LogP contribution in [0, 0.1) is 3.57 Å².